The second-order valence-electron chi connectivity index (χ2n) is 5.78. The molecule has 1 fully saturated rings. The summed E-state index contributed by atoms with van der Waals surface area (Å²) in [5.41, 5.74) is 0.500. The molecule has 1 unspecified atom stereocenters. The molecule has 0 bridgehead atoms. The zero-order chi connectivity index (χ0) is 15.3. The van der Waals surface area contributed by atoms with Crippen molar-refractivity contribution >= 4 is 15.9 Å². The summed E-state index contributed by atoms with van der Waals surface area (Å²) >= 11 is 0. The van der Waals surface area contributed by atoms with E-state index in [2.05, 4.69) is 28.9 Å². The van der Waals surface area contributed by atoms with Gasteiger partial charge in [-0.05, 0) is 37.4 Å². The summed E-state index contributed by atoms with van der Waals surface area (Å²) in [4.78, 5) is 3.92. The maximum Gasteiger partial charge on any atom is 0.301 e. The lowest BCUT2D eigenvalue weighted by Gasteiger charge is -2.32. The Bertz CT molecular complexity index is 533. The number of nitrogens with one attached hydrogen (secondary N) is 2. The number of aromatic nitrogens is 1. The van der Waals surface area contributed by atoms with E-state index in [0.717, 1.165) is 19.4 Å². The number of pyridine rings is 1. The largest absolute Gasteiger partial charge is 0.314 e. The van der Waals surface area contributed by atoms with E-state index in [1.165, 1.54) is 10.5 Å². The fourth-order valence-corrected chi connectivity index (χ4v) is 3.78. The first-order chi connectivity index (χ1) is 9.97. The summed E-state index contributed by atoms with van der Waals surface area (Å²) in [6, 6.07) is 3.83. The number of anilines is 1. The third kappa shape index (κ3) is 4.94. The zero-order valence-corrected chi connectivity index (χ0v) is 13.4. The van der Waals surface area contributed by atoms with Crippen molar-refractivity contribution in [3.8, 4) is 0 Å². The van der Waals surface area contributed by atoms with Crippen LogP contribution >= 0.6 is 0 Å². The average molecular weight is 312 g/mol. The van der Waals surface area contributed by atoms with Gasteiger partial charge in [0.2, 0.25) is 0 Å². The van der Waals surface area contributed by atoms with Gasteiger partial charge in [0, 0.05) is 25.3 Å². The minimum atomic E-state index is -3.49. The molecule has 2 rings (SSSR count). The highest BCUT2D eigenvalue weighted by Crippen LogP contribution is 2.20. The fourth-order valence-electron chi connectivity index (χ4n) is 2.45. The summed E-state index contributed by atoms with van der Waals surface area (Å²) in [6.45, 7) is 6.20. The smallest absolute Gasteiger partial charge is 0.301 e. The lowest BCUT2D eigenvalue weighted by Crippen LogP contribution is -2.45. The number of rotatable bonds is 6. The molecule has 1 saturated heterocycles. The van der Waals surface area contributed by atoms with Crippen LogP contribution in [0.3, 0.4) is 0 Å². The van der Waals surface area contributed by atoms with Crippen molar-refractivity contribution in [2.24, 2.45) is 5.92 Å². The van der Waals surface area contributed by atoms with Gasteiger partial charge in [-0.1, -0.05) is 13.8 Å². The normalized spacial score (nSPS) is 20.6. The minimum Gasteiger partial charge on any atom is -0.314 e. The van der Waals surface area contributed by atoms with Crippen molar-refractivity contribution in [1.82, 2.24) is 14.6 Å². The maximum absolute atomic E-state index is 12.4. The van der Waals surface area contributed by atoms with Crippen LogP contribution in [0.25, 0.3) is 0 Å². The average Bonchev–Trinajstić information content (AvgIpc) is 2.46. The van der Waals surface area contributed by atoms with Crippen molar-refractivity contribution < 1.29 is 8.42 Å². The molecule has 2 N–H and O–H groups in total. The third-order valence-electron chi connectivity index (χ3n) is 3.54. The van der Waals surface area contributed by atoms with Gasteiger partial charge in [-0.3, -0.25) is 9.71 Å². The second kappa shape index (κ2) is 7.20. The summed E-state index contributed by atoms with van der Waals surface area (Å²) in [5.74, 6) is 0.367. The van der Waals surface area contributed by atoms with Crippen LogP contribution in [0.2, 0.25) is 0 Å². The Balaban J connectivity index is 1.96. The summed E-state index contributed by atoms with van der Waals surface area (Å²) in [5, 5.41) is 3.38. The zero-order valence-electron chi connectivity index (χ0n) is 12.6. The molecule has 1 aromatic heterocycles. The highest BCUT2D eigenvalue weighted by atomic mass is 32.2. The Morgan fingerprint density at radius 1 is 1.48 bits per heavy atom. The predicted molar refractivity (Wildman–Crippen MR) is 84.2 cm³/mol. The van der Waals surface area contributed by atoms with E-state index in [4.69, 9.17) is 0 Å². The summed E-state index contributed by atoms with van der Waals surface area (Å²) < 4.78 is 28.9. The van der Waals surface area contributed by atoms with E-state index < -0.39 is 10.2 Å². The first-order valence-corrected chi connectivity index (χ1v) is 8.82. The molecular weight excluding hydrogens is 288 g/mol. The Morgan fingerprint density at radius 3 is 2.95 bits per heavy atom. The van der Waals surface area contributed by atoms with Crippen molar-refractivity contribution in [2.45, 2.75) is 32.7 Å². The van der Waals surface area contributed by atoms with Gasteiger partial charge in [-0.25, -0.2) is 0 Å². The van der Waals surface area contributed by atoms with Crippen LogP contribution in [0.1, 0.15) is 26.7 Å². The molecule has 1 atom stereocenters. The van der Waals surface area contributed by atoms with Crippen molar-refractivity contribution in [1.29, 1.82) is 0 Å². The van der Waals surface area contributed by atoms with Crippen LogP contribution in [0, 0.1) is 5.92 Å². The van der Waals surface area contributed by atoms with E-state index in [0.29, 0.717) is 30.7 Å². The Labute approximate surface area is 127 Å². The van der Waals surface area contributed by atoms with Crippen molar-refractivity contribution in [3.63, 3.8) is 0 Å². The van der Waals surface area contributed by atoms with Gasteiger partial charge in [0.1, 0.15) is 0 Å². The minimum absolute atomic E-state index is 0.367. The lowest BCUT2D eigenvalue weighted by molar-refractivity contribution is 0.257. The van der Waals surface area contributed by atoms with Crippen LogP contribution in [0.15, 0.2) is 24.5 Å². The topological polar surface area (TPSA) is 74.3 Å². The molecule has 21 heavy (non-hydrogen) atoms. The van der Waals surface area contributed by atoms with E-state index in [9.17, 15) is 8.42 Å². The van der Waals surface area contributed by atoms with Crippen LogP contribution in [0.4, 0.5) is 5.69 Å². The van der Waals surface area contributed by atoms with Gasteiger partial charge in [-0.2, -0.15) is 12.7 Å². The van der Waals surface area contributed by atoms with Gasteiger partial charge >= 0.3 is 10.2 Å². The highest BCUT2D eigenvalue weighted by molar-refractivity contribution is 7.90. The fraction of sp³-hybridized carbons (Fsp3) is 0.643. The van der Waals surface area contributed by atoms with Crippen LogP contribution in [-0.4, -0.2) is 43.4 Å². The molecule has 1 aliphatic heterocycles. The lowest BCUT2D eigenvalue weighted by atomic mass is 9.99. The van der Waals surface area contributed by atoms with Crippen LogP contribution < -0.4 is 10.0 Å². The first kappa shape index (κ1) is 16.2. The van der Waals surface area contributed by atoms with E-state index in [-0.39, 0.29) is 0 Å². The molecular formula is C14H24N4O2S. The van der Waals surface area contributed by atoms with Crippen molar-refractivity contribution in [3.05, 3.63) is 24.5 Å². The molecule has 0 amide bonds. The number of hydrogen-bond acceptors (Lipinski definition) is 4. The van der Waals surface area contributed by atoms with Gasteiger partial charge in [-0.15, -0.1) is 0 Å². The standard InChI is InChI=1S/C14H24N4O2S/c1-12(2)16-9-13-5-4-8-18(11-13)21(19,20)17-14-6-3-7-15-10-14/h3,6-7,10,12-13,16-17H,4-5,8-9,11H2,1-2H3. The predicted octanol–water partition coefficient (Wildman–Crippen LogP) is 1.45. The van der Waals surface area contributed by atoms with Gasteiger partial charge < -0.3 is 5.32 Å². The Kier molecular flexibility index (Phi) is 5.55. The van der Waals surface area contributed by atoms with Gasteiger partial charge in [0.25, 0.3) is 0 Å². The van der Waals surface area contributed by atoms with Gasteiger partial charge in [0.05, 0.1) is 11.9 Å². The maximum atomic E-state index is 12.4. The Morgan fingerprint density at radius 2 is 2.29 bits per heavy atom. The molecule has 1 aromatic rings. The number of nitrogens with zero attached hydrogens (tertiary/aromatic N) is 2. The molecule has 0 aromatic carbocycles. The molecule has 6 nitrogen and oxygen atoms in total. The van der Waals surface area contributed by atoms with Gasteiger partial charge in [0.15, 0.2) is 0 Å². The van der Waals surface area contributed by atoms with E-state index in [1.807, 2.05) is 0 Å². The Hall–Kier alpha value is -1.18. The highest BCUT2D eigenvalue weighted by Gasteiger charge is 2.28. The third-order valence-corrected chi connectivity index (χ3v) is 5.05. The number of piperidine rings is 1. The summed E-state index contributed by atoms with van der Waals surface area (Å²) in [7, 11) is -3.49. The molecule has 0 aliphatic carbocycles. The quantitative estimate of drug-likeness (QED) is 0.834. The monoisotopic (exact) mass is 312 g/mol. The SMILES string of the molecule is CC(C)NCC1CCCN(S(=O)(=O)Nc2cccnc2)C1. The van der Waals surface area contributed by atoms with Crippen molar-refractivity contribution in [2.75, 3.05) is 24.4 Å². The molecule has 0 radical (unpaired) electrons. The first-order valence-electron chi connectivity index (χ1n) is 7.38. The summed E-state index contributed by atoms with van der Waals surface area (Å²) in [6.07, 6.45) is 5.10. The molecule has 7 heteroatoms. The molecule has 1 aliphatic rings. The molecule has 2 heterocycles. The van der Waals surface area contributed by atoms with E-state index in [1.54, 1.807) is 18.3 Å². The van der Waals surface area contributed by atoms with E-state index >= 15 is 0 Å². The molecule has 0 spiro atoms. The number of hydrogen-bond donors (Lipinski definition) is 2. The second-order valence-corrected chi connectivity index (χ2v) is 7.45. The molecule has 118 valence electrons. The van der Waals surface area contributed by atoms with Crippen LogP contribution in [0.5, 0.6) is 0 Å². The van der Waals surface area contributed by atoms with Crippen LogP contribution in [-0.2, 0) is 10.2 Å². The molecule has 0 saturated carbocycles.